The zero-order chi connectivity index (χ0) is 13.2. The smallest absolute Gasteiger partial charge is 0.191 e. The van der Waals surface area contributed by atoms with Crippen molar-refractivity contribution in [1.82, 2.24) is 4.90 Å². The number of aliphatic hydroxyl groups is 1. The van der Waals surface area contributed by atoms with E-state index in [2.05, 4.69) is 23.7 Å². The van der Waals surface area contributed by atoms with Crippen molar-refractivity contribution in [2.24, 2.45) is 22.1 Å². The Morgan fingerprint density at radius 2 is 2.00 bits per heavy atom. The van der Waals surface area contributed by atoms with E-state index in [9.17, 15) is 5.11 Å². The van der Waals surface area contributed by atoms with E-state index < -0.39 is 0 Å². The van der Waals surface area contributed by atoms with Gasteiger partial charge in [0.1, 0.15) is 0 Å². The van der Waals surface area contributed by atoms with E-state index >= 15 is 0 Å². The molecular weight excluding hydrogens is 230 g/mol. The Balaban J connectivity index is 1.89. The Kier molecular flexibility index (Phi) is 4.12. The van der Waals surface area contributed by atoms with Gasteiger partial charge in [-0.25, -0.2) is 0 Å². The molecule has 2 fully saturated rings. The van der Waals surface area contributed by atoms with Gasteiger partial charge < -0.3 is 20.5 Å². The van der Waals surface area contributed by atoms with Gasteiger partial charge in [-0.2, -0.15) is 0 Å². The van der Waals surface area contributed by atoms with Gasteiger partial charge in [0.2, 0.25) is 0 Å². The summed E-state index contributed by atoms with van der Waals surface area (Å²) >= 11 is 0. The lowest BCUT2D eigenvalue weighted by molar-refractivity contribution is 0.0538. The van der Waals surface area contributed by atoms with Crippen molar-refractivity contribution < 1.29 is 9.84 Å². The second-order valence-electron chi connectivity index (χ2n) is 5.83. The summed E-state index contributed by atoms with van der Waals surface area (Å²) in [6.07, 6.45) is 1.86. The van der Waals surface area contributed by atoms with Crippen molar-refractivity contribution in [3.05, 3.63) is 0 Å². The highest BCUT2D eigenvalue weighted by Crippen LogP contribution is 2.50. The third-order valence-corrected chi connectivity index (χ3v) is 4.04. The van der Waals surface area contributed by atoms with E-state index in [0.29, 0.717) is 12.5 Å². The van der Waals surface area contributed by atoms with Crippen LogP contribution in [0, 0.1) is 11.3 Å². The van der Waals surface area contributed by atoms with Crippen molar-refractivity contribution >= 4 is 5.96 Å². The molecular formula is C13H25N3O2. The average molecular weight is 255 g/mol. The molecule has 104 valence electrons. The molecule has 0 radical (unpaired) electrons. The van der Waals surface area contributed by atoms with Crippen LogP contribution in [-0.2, 0) is 4.74 Å². The number of hydrogen-bond acceptors (Lipinski definition) is 3. The molecule has 0 spiro atoms. The highest BCUT2D eigenvalue weighted by molar-refractivity contribution is 5.78. The molecule has 2 rings (SSSR count). The van der Waals surface area contributed by atoms with Crippen LogP contribution in [-0.4, -0.2) is 54.9 Å². The van der Waals surface area contributed by atoms with Gasteiger partial charge >= 0.3 is 0 Å². The molecule has 1 aliphatic carbocycles. The lowest BCUT2D eigenvalue weighted by atomic mass is 9.90. The standard InChI is InChI=1S/C13H25N3O2/c1-10(2)11(17)13(3-4-13)9-15-12(14)16-5-7-18-8-6-16/h10-11,17H,3-9H2,1-2H3,(H2,14,15). The van der Waals surface area contributed by atoms with Crippen molar-refractivity contribution in [3.8, 4) is 0 Å². The maximum absolute atomic E-state index is 10.2. The molecule has 0 aromatic rings. The van der Waals surface area contributed by atoms with Crippen LogP contribution in [0.15, 0.2) is 4.99 Å². The zero-order valence-corrected chi connectivity index (χ0v) is 11.4. The third kappa shape index (κ3) is 2.95. The van der Waals surface area contributed by atoms with Gasteiger partial charge in [0.25, 0.3) is 0 Å². The number of morpholine rings is 1. The van der Waals surface area contributed by atoms with Crippen molar-refractivity contribution in [1.29, 1.82) is 0 Å². The normalized spacial score (nSPS) is 25.3. The molecule has 1 aliphatic heterocycles. The van der Waals surface area contributed by atoms with Crippen LogP contribution in [0.2, 0.25) is 0 Å². The van der Waals surface area contributed by atoms with Gasteiger partial charge in [-0.05, 0) is 18.8 Å². The van der Waals surface area contributed by atoms with E-state index in [1.165, 1.54) is 0 Å². The summed E-state index contributed by atoms with van der Waals surface area (Å²) in [7, 11) is 0. The zero-order valence-electron chi connectivity index (χ0n) is 11.4. The Morgan fingerprint density at radius 3 is 2.50 bits per heavy atom. The molecule has 0 bridgehead atoms. The first-order chi connectivity index (χ1) is 8.55. The van der Waals surface area contributed by atoms with Crippen molar-refractivity contribution in [2.45, 2.75) is 32.8 Å². The summed E-state index contributed by atoms with van der Waals surface area (Å²) in [4.78, 5) is 6.55. The van der Waals surface area contributed by atoms with E-state index in [1.807, 2.05) is 0 Å². The molecule has 0 amide bonds. The number of aliphatic imine (C=N–C) groups is 1. The fraction of sp³-hybridized carbons (Fsp3) is 0.923. The molecule has 0 aromatic heterocycles. The molecule has 18 heavy (non-hydrogen) atoms. The number of nitrogens with two attached hydrogens (primary N) is 1. The van der Waals surface area contributed by atoms with Crippen LogP contribution in [0.25, 0.3) is 0 Å². The summed E-state index contributed by atoms with van der Waals surface area (Å²) in [5.74, 6) is 0.882. The Hall–Kier alpha value is -0.810. The molecule has 5 nitrogen and oxygen atoms in total. The predicted molar refractivity (Wildman–Crippen MR) is 71.4 cm³/mol. The minimum Gasteiger partial charge on any atom is -0.392 e. The van der Waals surface area contributed by atoms with Crippen LogP contribution < -0.4 is 5.73 Å². The molecule has 1 heterocycles. The highest BCUT2D eigenvalue weighted by atomic mass is 16.5. The van der Waals surface area contributed by atoms with E-state index in [0.717, 1.165) is 39.1 Å². The fourth-order valence-electron chi connectivity index (χ4n) is 2.55. The van der Waals surface area contributed by atoms with Crippen LogP contribution >= 0.6 is 0 Å². The summed E-state index contributed by atoms with van der Waals surface area (Å²) in [5.41, 5.74) is 5.99. The maximum Gasteiger partial charge on any atom is 0.191 e. The monoisotopic (exact) mass is 255 g/mol. The Labute approximate surface area is 109 Å². The van der Waals surface area contributed by atoms with Gasteiger partial charge in [-0.3, -0.25) is 4.99 Å². The maximum atomic E-state index is 10.2. The predicted octanol–water partition coefficient (Wildman–Crippen LogP) is 0.430. The molecule has 2 aliphatic rings. The minimum absolute atomic E-state index is 0.00886. The minimum atomic E-state index is -0.265. The van der Waals surface area contributed by atoms with Gasteiger partial charge in [-0.1, -0.05) is 13.8 Å². The number of hydrogen-bond donors (Lipinski definition) is 2. The SMILES string of the molecule is CC(C)C(O)C1(CN=C(N)N2CCOCC2)CC1. The van der Waals surface area contributed by atoms with Crippen LogP contribution in [0.3, 0.4) is 0 Å². The van der Waals surface area contributed by atoms with Crippen molar-refractivity contribution in [2.75, 3.05) is 32.8 Å². The number of aliphatic hydroxyl groups excluding tert-OH is 1. The van der Waals surface area contributed by atoms with Crippen LogP contribution in [0.4, 0.5) is 0 Å². The van der Waals surface area contributed by atoms with Gasteiger partial charge in [0.05, 0.1) is 25.9 Å². The Morgan fingerprint density at radius 1 is 1.39 bits per heavy atom. The number of rotatable bonds is 4. The van der Waals surface area contributed by atoms with Crippen molar-refractivity contribution in [3.63, 3.8) is 0 Å². The largest absolute Gasteiger partial charge is 0.392 e. The van der Waals surface area contributed by atoms with E-state index in [1.54, 1.807) is 0 Å². The second-order valence-corrected chi connectivity index (χ2v) is 5.83. The molecule has 1 saturated heterocycles. The number of nitrogens with zero attached hydrogens (tertiary/aromatic N) is 2. The molecule has 1 atom stereocenters. The molecule has 1 saturated carbocycles. The van der Waals surface area contributed by atoms with Crippen LogP contribution in [0.5, 0.6) is 0 Å². The summed E-state index contributed by atoms with van der Waals surface area (Å²) < 4.78 is 5.29. The summed E-state index contributed by atoms with van der Waals surface area (Å²) in [6.45, 7) is 7.82. The molecule has 1 unspecified atom stereocenters. The fourth-order valence-corrected chi connectivity index (χ4v) is 2.55. The molecule has 0 aromatic carbocycles. The third-order valence-electron chi connectivity index (χ3n) is 4.04. The van der Waals surface area contributed by atoms with Gasteiger partial charge in [0, 0.05) is 18.5 Å². The number of ether oxygens (including phenoxy) is 1. The Bertz CT molecular complexity index is 307. The van der Waals surface area contributed by atoms with E-state index in [4.69, 9.17) is 10.5 Å². The molecule has 5 heteroatoms. The van der Waals surface area contributed by atoms with Gasteiger partial charge in [0.15, 0.2) is 5.96 Å². The van der Waals surface area contributed by atoms with Gasteiger partial charge in [-0.15, -0.1) is 0 Å². The summed E-state index contributed by atoms with van der Waals surface area (Å²) in [5, 5.41) is 10.2. The molecule has 3 N–H and O–H groups in total. The van der Waals surface area contributed by atoms with E-state index in [-0.39, 0.29) is 17.4 Å². The average Bonchev–Trinajstić information content (AvgIpc) is 3.17. The first-order valence-electron chi connectivity index (χ1n) is 6.86. The summed E-state index contributed by atoms with van der Waals surface area (Å²) in [6, 6.07) is 0. The lowest BCUT2D eigenvalue weighted by Crippen LogP contribution is -2.45. The number of guanidine groups is 1. The first kappa shape index (κ1) is 13.6. The van der Waals surface area contributed by atoms with Crippen LogP contribution in [0.1, 0.15) is 26.7 Å². The topological polar surface area (TPSA) is 71.1 Å². The second kappa shape index (κ2) is 5.45. The first-order valence-corrected chi connectivity index (χ1v) is 6.86. The quantitative estimate of drug-likeness (QED) is 0.564. The highest BCUT2D eigenvalue weighted by Gasteiger charge is 2.49. The lowest BCUT2D eigenvalue weighted by Gasteiger charge is -2.29.